The van der Waals surface area contributed by atoms with E-state index in [9.17, 15) is 33.7 Å². The zero-order valence-electron chi connectivity index (χ0n) is 60.2. The number of sulfonamides is 2. The van der Waals surface area contributed by atoms with Gasteiger partial charge in [0.2, 0.25) is 61.5 Å². The van der Waals surface area contributed by atoms with Gasteiger partial charge in [0, 0.05) is 86.9 Å². The lowest BCUT2D eigenvalue weighted by Crippen LogP contribution is -2.40. The van der Waals surface area contributed by atoms with Crippen molar-refractivity contribution >= 4 is 130 Å². The molecule has 40 heteroatoms. The van der Waals surface area contributed by atoms with Crippen molar-refractivity contribution in [1.29, 1.82) is 0 Å². The number of nitrogens with zero attached hydrogens (tertiary/aromatic N) is 11. The molecule has 14 rings (SSSR count). The lowest BCUT2D eigenvalue weighted by Gasteiger charge is -2.26. The first kappa shape index (κ1) is 77.8. The number of sulfone groups is 2. The summed E-state index contributed by atoms with van der Waals surface area (Å²) in [5.74, 6) is 4.04. The van der Waals surface area contributed by atoms with Gasteiger partial charge in [-0.15, -0.1) is 0 Å². The minimum atomic E-state index is -3.63. The molecule has 2 saturated heterocycles. The van der Waals surface area contributed by atoms with Crippen molar-refractivity contribution in [3.8, 4) is 40.6 Å². The van der Waals surface area contributed by atoms with Crippen molar-refractivity contribution in [2.45, 2.75) is 46.8 Å². The fourth-order valence-electron chi connectivity index (χ4n) is 11.0. The number of methoxy groups -OCH3 is 5. The number of nitrogens with one attached hydrogen (secondary N) is 8. The van der Waals surface area contributed by atoms with Crippen LogP contribution in [0.4, 0.5) is 46.5 Å². The Labute approximate surface area is 621 Å². The highest BCUT2D eigenvalue weighted by Gasteiger charge is 2.30. The summed E-state index contributed by atoms with van der Waals surface area (Å²) in [6.45, 7) is 9.63. The van der Waals surface area contributed by atoms with Crippen molar-refractivity contribution < 1.29 is 76.3 Å². The van der Waals surface area contributed by atoms with Crippen LogP contribution in [-0.4, -0.2) is 221 Å². The van der Waals surface area contributed by atoms with Crippen molar-refractivity contribution in [2.75, 3.05) is 135 Å². The number of ether oxygens (including phenoxy) is 9. The molecule has 10 heterocycles. The molecule has 0 bridgehead atoms. The van der Waals surface area contributed by atoms with Crippen LogP contribution in [-0.2, 0) is 55.6 Å². The van der Waals surface area contributed by atoms with Gasteiger partial charge >= 0.3 is 0 Å². The zero-order valence-corrected chi connectivity index (χ0v) is 63.5. The van der Waals surface area contributed by atoms with Gasteiger partial charge in [0.15, 0.2) is 25.3 Å². The van der Waals surface area contributed by atoms with E-state index >= 15 is 0 Å². The van der Waals surface area contributed by atoms with Crippen LogP contribution in [0.1, 0.15) is 26.5 Å². The average Bonchev–Trinajstić information content (AvgIpc) is 1.03. The van der Waals surface area contributed by atoms with E-state index in [1.165, 1.54) is 86.6 Å². The minimum absolute atomic E-state index is 0.155. The van der Waals surface area contributed by atoms with Crippen LogP contribution in [0.15, 0.2) is 135 Å². The SMILES string of the molecule is CCOc1nc(Nc2ccc(S(=O)(=O)N3CCOCC3)cc2OC)nc2[nH]ccc12.CCOc1nc(Nc2ccc(S(C)(=O)=O)cc2OC)nc2[nH]ccc12.CCc1nc(Nc2ccc(S(=O)(=O)N3CCOCC3)cc2OC)nc2[nH]ccc12.COc1cc(S(C)(=O)=O)ccc1Nc1nc(OC)c2cn[nH]c2n1. The third-order valence-corrected chi connectivity index (χ3v) is 22.4. The van der Waals surface area contributed by atoms with E-state index in [4.69, 9.17) is 42.6 Å². The van der Waals surface area contributed by atoms with Crippen LogP contribution >= 0.6 is 0 Å². The second kappa shape index (κ2) is 34.1. The highest BCUT2D eigenvalue weighted by Crippen LogP contribution is 2.37. The maximum Gasteiger partial charge on any atom is 0.243 e. The molecule has 8 aromatic heterocycles. The summed E-state index contributed by atoms with van der Waals surface area (Å²) >= 11 is 0. The Bertz CT molecular complexity index is 5660. The Morgan fingerprint density at radius 3 is 1.11 bits per heavy atom. The average molecular weight is 1560 g/mol. The summed E-state index contributed by atoms with van der Waals surface area (Å²) in [5, 5.41) is 22.1. The van der Waals surface area contributed by atoms with E-state index in [1.54, 1.807) is 48.9 Å². The molecule has 572 valence electrons. The molecule has 108 heavy (non-hydrogen) atoms. The topological polar surface area (TPSA) is 453 Å². The largest absolute Gasteiger partial charge is 0.495 e. The molecule has 0 spiro atoms. The van der Waals surface area contributed by atoms with Gasteiger partial charge in [0.1, 0.15) is 45.3 Å². The standard InChI is InChI=1S/C19H23N5O5S.C19H23N5O4S.C16H18N4O4S.C14H15N5O4S/c1-3-29-18-14-6-7-20-17(14)22-19(23-18)21-15-5-4-13(12-16(15)27-2)30(25,26)24-8-10-28-11-9-24;1-3-15-14-6-7-20-18(14)23-19(21-15)22-16-5-4-13(12-17(16)27-2)29(25,26)24-8-10-28-11-9-24;1-4-24-15-11-7-8-17-14(11)19-16(20-15)18-12-6-5-10(25(3,21)22)9-13(12)23-2;1-22-11-6-8(24(3,20)21)4-5-10(11)16-14-17-12-9(7-15-19-12)13(18-14)23-2/h4-7,12H,3,8-11H2,1-2H3,(H2,20,21,22,23);4-7,12H,3,8-11H2,1-2H3,(H2,20,21,22,23);5-9H,4H2,1-3H3,(H2,17,18,19,20);4-7H,1-3H3,(H2,15,16,17,18,19). The number of H-pyrrole nitrogens is 4. The molecule has 2 fully saturated rings. The molecule has 8 N–H and O–H groups in total. The molecular weight excluding hydrogens is 1480 g/mol. The van der Waals surface area contributed by atoms with E-state index in [2.05, 4.69) is 86.3 Å². The number of aromatic nitrogens is 13. The number of hydrogen-bond acceptors (Lipinski definition) is 30. The van der Waals surface area contributed by atoms with Gasteiger partial charge in [-0.1, -0.05) is 6.92 Å². The third-order valence-electron chi connectivity index (χ3n) is 16.4. The molecule has 0 saturated carbocycles. The number of aryl methyl sites for hydroxylation is 1. The Morgan fingerprint density at radius 2 is 0.750 bits per heavy atom. The van der Waals surface area contributed by atoms with Crippen LogP contribution in [0.5, 0.6) is 40.6 Å². The molecule has 0 atom stereocenters. The Kier molecular flexibility index (Phi) is 24.6. The first-order chi connectivity index (χ1) is 51.9. The number of aromatic amines is 4. The van der Waals surface area contributed by atoms with Crippen molar-refractivity contribution in [3.63, 3.8) is 0 Å². The summed E-state index contributed by atoms with van der Waals surface area (Å²) in [6.07, 6.45) is 9.96. The van der Waals surface area contributed by atoms with Crippen LogP contribution < -0.4 is 54.4 Å². The summed E-state index contributed by atoms with van der Waals surface area (Å²) < 4.78 is 149. The van der Waals surface area contributed by atoms with E-state index in [-0.39, 0.29) is 25.5 Å². The van der Waals surface area contributed by atoms with Crippen molar-refractivity contribution in [3.05, 3.63) is 121 Å². The van der Waals surface area contributed by atoms with Crippen LogP contribution in [0.2, 0.25) is 0 Å². The summed E-state index contributed by atoms with van der Waals surface area (Å²) in [7, 11) is -6.50. The molecular formula is C68H79N19O17S4. The lowest BCUT2D eigenvalue weighted by atomic mass is 10.2. The summed E-state index contributed by atoms with van der Waals surface area (Å²) in [6, 6.07) is 24.1. The molecule has 0 radical (unpaired) electrons. The number of fused-ring (bicyclic) bond motifs is 4. The van der Waals surface area contributed by atoms with Gasteiger partial charge in [-0.2, -0.15) is 48.6 Å². The van der Waals surface area contributed by atoms with E-state index in [1.807, 2.05) is 45.2 Å². The van der Waals surface area contributed by atoms with Gasteiger partial charge < -0.3 is 78.9 Å². The number of rotatable bonds is 24. The fraction of sp³-hybridized carbons (Fsp3) is 0.309. The molecule has 0 unspecified atom stereocenters. The maximum atomic E-state index is 12.9. The third kappa shape index (κ3) is 18.0. The molecule has 12 aromatic rings. The number of anilines is 8. The normalized spacial score (nSPS) is 13.6. The molecule has 36 nitrogen and oxygen atoms in total. The highest BCUT2D eigenvalue weighted by atomic mass is 32.2. The smallest absolute Gasteiger partial charge is 0.243 e. The van der Waals surface area contributed by atoms with Gasteiger partial charge in [-0.25, -0.2) is 38.7 Å². The summed E-state index contributed by atoms with van der Waals surface area (Å²) in [4.78, 5) is 45.0. The number of hydrogen-bond donors (Lipinski definition) is 8. The second-order valence-corrected chi connectivity index (χ2v) is 31.3. The molecule has 2 aliphatic rings. The first-order valence-electron chi connectivity index (χ1n) is 33.3. The van der Waals surface area contributed by atoms with Crippen molar-refractivity contribution in [2.24, 2.45) is 0 Å². The van der Waals surface area contributed by atoms with Gasteiger partial charge in [0.25, 0.3) is 0 Å². The fourth-order valence-corrected chi connectivity index (χ4v) is 15.1. The zero-order chi connectivity index (χ0) is 76.9. The minimum Gasteiger partial charge on any atom is -0.495 e. The van der Waals surface area contributed by atoms with E-state index in [0.29, 0.717) is 169 Å². The monoisotopic (exact) mass is 1560 g/mol. The molecule has 4 aromatic carbocycles. The summed E-state index contributed by atoms with van der Waals surface area (Å²) in [5.41, 5.74) is 5.61. The Hall–Kier alpha value is -11.3. The quantitative estimate of drug-likeness (QED) is 0.0281. The van der Waals surface area contributed by atoms with Gasteiger partial charge in [-0.05, 0) is 87.0 Å². The maximum absolute atomic E-state index is 12.9. The molecule has 0 aliphatic carbocycles. The molecule has 0 amide bonds. The number of morpholine rings is 2. The molecule has 2 aliphatic heterocycles. The van der Waals surface area contributed by atoms with Crippen molar-refractivity contribution in [1.82, 2.24) is 73.6 Å². The van der Waals surface area contributed by atoms with Crippen LogP contribution in [0.25, 0.3) is 44.1 Å². The second-order valence-electron chi connectivity index (χ2n) is 23.4. The van der Waals surface area contributed by atoms with Crippen LogP contribution in [0, 0.1) is 0 Å². The lowest BCUT2D eigenvalue weighted by molar-refractivity contribution is 0.0730. The Morgan fingerprint density at radius 1 is 0.407 bits per heavy atom. The van der Waals surface area contributed by atoms with E-state index in [0.717, 1.165) is 46.4 Å². The van der Waals surface area contributed by atoms with Gasteiger partial charge in [-0.3, -0.25) is 5.10 Å². The predicted octanol–water partition coefficient (Wildman–Crippen LogP) is 8.45. The van der Waals surface area contributed by atoms with Gasteiger partial charge in [0.05, 0.1) is 140 Å². The van der Waals surface area contributed by atoms with Crippen LogP contribution in [0.3, 0.4) is 0 Å². The number of benzene rings is 4. The predicted molar refractivity (Wildman–Crippen MR) is 402 cm³/mol. The highest BCUT2D eigenvalue weighted by molar-refractivity contribution is 7.91. The Balaban J connectivity index is 0.000000144. The van der Waals surface area contributed by atoms with E-state index < -0.39 is 39.7 Å². The first-order valence-corrected chi connectivity index (χ1v) is 40.0.